The van der Waals surface area contributed by atoms with Gasteiger partial charge in [0, 0.05) is 10.8 Å². The average molecular weight is 203 g/mol. The molecule has 0 amide bonds. The maximum Gasteiger partial charge on any atom is 0.0611 e. The number of hydrogen-bond donors (Lipinski definition) is 2. The predicted molar refractivity (Wildman–Crippen MR) is 58.9 cm³/mol. The number of aliphatic hydroxyl groups is 1. The fourth-order valence-electron chi connectivity index (χ4n) is 1.72. The van der Waals surface area contributed by atoms with Crippen molar-refractivity contribution in [2.45, 2.75) is 43.9 Å². The lowest BCUT2D eigenvalue weighted by Gasteiger charge is -2.20. The van der Waals surface area contributed by atoms with Crippen molar-refractivity contribution in [3.63, 3.8) is 0 Å². The first kappa shape index (κ1) is 11.3. The lowest BCUT2D eigenvalue weighted by atomic mass is 10.0. The third-order valence-electron chi connectivity index (χ3n) is 2.58. The quantitative estimate of drug-likeness (QED) is 0.730. The van der Waals surface area contributed by atoms with Crippen LogP contribution in [0.1, 0.15) is 33.1 Å². The van der Waals surface area contributed by atoms with Crippen molar-refractivity contribution in [2.24, 2.45) is 11.7 Å². The summed E-state index contributed by atoms with van der Waals surface area (Å²) in [5.74, 6) is 1.97. The summed E-state index contributed by atoms with van der Waals surface area (Å²) in [6, 6.07) is 0. The summed E-state index contributed by atoms with van der Waals surface area (Å²) >= 11 is 2.02. The molecule has 0 heterocycles. The van der Waals surface area contributed by atoms with Gasteiger partial charge in [0.15, 0.2) is 0 Å². The molecule has 2 unspecified atom stereocenters. The normalized spacial score (nSPS) is 34.4. The molecular weight excluding hydrogens is 182 g/mol. The summed E-state index contributed by atoms with van der Waals surface area (Å²) in [6.45, 7) is 4.62. The summed E-state index contributed by atoms with van der Waals surface area (Å²) in [5.41, 5.74) is 5.72. The zero-order valence-corrected chi connectivity index (χ0v) is 9.44. The fourth-order valence-corrected chi connectivity index (χ4v) is 3.11. The van der Waals surface area contributed by atoms with E-state index in [-0.39, 0.29) is 12.1 Å². The van der Waals surface area contributed by atoms with E-state index in [9.17, 15) is 0 Å². The van der Waals surface area contributed by atoms with Crippen LogP contribution in [-0.2, 0) is 0 Å². The minimum absolute atomic E-state index is 0.145. The maximum absolute atomic E-state index is 9.09. The van der Waals surface area contributed by atoms with Crippen LogP contribution in [0.15, 0.2) is 0 Å². The summed E-state index contributed by atoms with van der Waals surface area (Å²) in [7, 11) is 0. The topological polar surface area (TPSA) is 46.2 Å². The molecule has 0 aliphatic heterocycles. The van der Waals surface area contributed by atoms with Gasteiger partial charge in [-0.05, 0) is 30.9 Å². The molecule has 0 radical (unpaired) electrons. The Bertz CT molecular complexity index is 163. The van der Waals surface area contributed by atoms with Crippen LogP contribution in [0.2, 0.25) is 0 Å². The van der Waals surface area contributed by atoms with E-state index in [4.69, 9.17) is 10.8 Å². The first-order valence-corrected chi connectivity index (χ1v) is 6.12. The standard InChI is InChI=1S/C10H21NOS/c1-8(2)6-13-9-3-4-10(11,5-9)7-12/h8-9,12H,3-7,11H2,1-2H3. The van der Waals surface area contributed by atoms with E-state index >= 15 is 0 Å². The van der Waals surface area contributed by atoms with E-state index in [2.05, 4.69) is 13.8 Å². The molecule has 0 aromatic heterocycles. The monoisotopic (exact) mass is 203 g/mol. The zero-order chi connectivity index (χ0) is 9.90. The zero-order valence-electron chi connectivity index (χ0n) is 8.62. The van der Waals surface area contributed by atoms with E-state index < -0.39 is 0 Å². The Morgan fingerprint density at radius 2 is 2.31 bits per heavy atom. The lowest BCUT2D eigenvalue weighted by molar-refractivity contribution is 0.200. The second-order valence-electron chi connectivity index (χ2n) is 4.61. The molecule has 0 bridgehead atoms. The molecule has 1 rings (SSSR count). The maximum atomic E-state index is 9.09. The molecule has 3 heteroatoms. The Morgan fingerprint density at radius 1 is 1.62 bits per heavy atom. The van der Waals surface area contributed by atoms with E-state index in [1.165, 1.54) is 12.2 Å². The number of thioether (sulfide) groups is 1. The third kappa shape index (κ3) is 3.49. The van der Waals surface area contributed by atoms with Crippen molar-refractivity contribution in [1.82, 2.24) is 0 Å². The molecule has 13 heavy (non-hydrogen) atoms. The van der Waals surface area contributed by atoms with Crippen LogP contribution in [-0.4, -0.2) is 28.3 Å². The van der Waals surface area contributed by atoms with Crippen LogP contribution in [0.25, 0.3) is 0 Å². The van der Waals surface area contributed by atoms with Gasteiger partial charge >= 0.3 is 0 Å². The number of hydrogen-bond acceptors (Lipinski definition) is 3. The van der Waals surface area contributed by atoms with E-state index in [1.54, 1.807) is 0 Å². The smallest absolute Gasteiger partial charge is 0.0611 e. The van der Waals surface area contributed by atoms with Crippen LogP contribution in [0.5, 0.6) is 0 Å². The Morgan fingerprint density at radius 3 is 2.77 bits per heavy atom. The van der Waals surface area contributed by atoms with Gasteiger partial charge in [0.2, 0.25) is 0 Å². The third-order valence-corrected chi connectivity index (χ3v) is 4.31. The molecule has 1 fully saturated rings. The largest absolute Gasteiger partial charge is 0.394 e. The first-order valence-electron chi connectivity index (χ1n) is 5.07. The van der Waals surface area contributed by atoms with Gasteiger partial charge in [-0.15, -0.1) is 0 Å². The second-order valence-corrected chi connectivity index (χ2v) is 5.95. The molecular formula is C10H21NOS. The van der Waals surface area contributed by atoms with Crippen LogP contribution in [0.3, 0.4) is 0 Å². The Kier molecular flexibility index (Phi) is 4.07. The fraction of sp³-hybridized carbons (Fsp3) is 1.00. The molecule has 2 nitrogen and oxygen atoms in total. The first-order chi connectivity index (χ1) is 6.06. The Hall–Kier alpha value is 0.270. The van der Waals surface area contributed by atoms with Crippen LogP contribution in [0.4, 0.5) is 0 Å². The van der Waals surface area contributed by atoms with E-state index in [0.717, 1.165) is 18.8 Å². The SMILES string of the molecule is CC(C)CSC1CCC(N)(CO)C1. The summed E-state index contributed by atoms with van der Waals surface area (Å²) in [4.78, 5) is 0. The summed E-state index contributed by atoms with van der Waals surface area (Å²) < 4.78 is 0. The molecule has 0 aromatic rings. The van der Waals surface area contributed by atoms with Crippen LogP contribution < -0.4 is 5.73 Å². The van der Waals surface area contributed by atoms with Gasteiger partial charge in [-0.2, -0.15) is 11.8 Å². The molecule has 1 aliphatic carbocycles. The number of rotatable bonds is 4. The summed E-state index contributed by atoms with van der Waals surface area (Å²) in [5, 5.41) is 9.77. The van der Waals surface area contributed by atoms with Gasteiger partial charge in [-0.1, -0.05) is 13.8 Å². The Balaban J connectivity index is 2.25. The molecule has 1 saturated carbocycles. The highest BCUT2D eigenvalue weighted by Crippen LogP contribution is 2.35. The highest BCUT2D eigenvalue weighted by molar-refractivity contribution is 7.99. The highest BCUT2D eigenvalue weighted by atomic mass is 32.2. The van der Waals surface area contributed by atoms with Gasteiger partial charge in [0.25, 0.3) is 0 Å². The van der Waals surface area contributed by atoms with Crippen LogP contribution >= 0.6 is 11.8 Å². The van der Waals surface area contributed by atoms with Crippen LogP contribution in [0, 0.1) is 5.92 Å². The molecule has 2 atom stereocenters. The van der Waals surface area contributed by atoms with Gasteiger partial charge in [0.1, 0.15) is 0 Å². The Labute approximate surface area is 85.3 Å². The van der Waals surface area contributed by atoms with Crippen molar-refractivity contribution >= 4 is 11.8 Å². The summed E-state index contributed by atoms with van der Waals surface area (Å²) in [6.07, 6.45) is 3.15. The lowest BCUT2D eigenvalue weighted by Crippen LogP contribution is -2.41. The van der Waals surface area contributed by atoms with Gasteiger partial charge in [-0.25, -0.2) is 0 Å². The van der Waals surface area contributed by atoms with Crippen molar-refractivity contribution in [3.05, 3.63) is 0 Å². The highest BCUT2D eigenvalue weighted by Gasteiger charge is 2.35. The molecule has 3 N–H and O–H groups in total. The molecule has 0 aromatic carbocycles. The second kappa shape index (κ2) is 4.67. The minimum Gasteiger partial charge on any atom is -0.394 e. The number of nitrogens with two attached hydrogens (primary N) is 1. The molecule has 0 saturated heterocycles. The van der Waals surface area contributed by atoms with E-state index in [1.807, 2.05) is 11.8 Å². The molecule has 1 aliphatic rings. The molecule has 78 valence electrons. The predicted octanol–water partition coefficient (Wildman–Crippen LogP) is 1.62. The van der Waals surface area contributed by atoms with Crippen molar-refractivity contribution in [2.75, 3.05) is 12.4 Å². The van der Waals surface area contributed by atoms with E-state index in [0.29, 0.717) is 5.25 Å². The van der Waals surface area contributed by atoms with Crippen molar-refractivity contribution in [1.29, 1.82) is 0 Å². The minimum atomic E-state index is -0.269. The number of aliphatic hydroxyl groups excluding tert-OH is 1. The van der Waals surface area contributed by atoms with Crippen molar-refractivity contribution < 1.29 is 5.11 Å². The van der Waals surface area contributed by atoms with Gasteiger partial charge in [0.05, 0.1) is 6.61 Å². The van der Waals surface area contributed by atoms with Crippen molar-refractivity contribution in [3.8, 4) is 0 Å². The van der Waals surface area contributed by atoms with Gasteiger partial charge in [-0.3, -0.25) is 0 Å². The van der Waals surface area contributed by atoms with Gasteiger partial charge < -0.3 is 10.8 Å². The molecule has 0 spiro atoms. The average Bonchev–Trinajstić information content (AvgIpc) is 2.45.